The largest absolute Gasteiger partial charge is 0.310 e. The quantitative estimate of drug-likeness (QED) is 0.874. The van der Waals surface area contributed by atoms with Crippen molar-refractivity contribution in [2.45, 2.75) is 32.9 Å². The van der Waals surface area contributed by atoms with E-state index in [9.17, 15) is 0 Å². The summed E-state index contributed by atoms with van der Waals surface area (Å²) in [5.41, 5.74) is 3.26. The van der Waals surface area contributed by atoms with Crippen molar-refractivity contribution in [1.82, 2.24) is 20.1 Å². The molecule has 4 heteroatoms. The van der Waals surface area contributed by atoms with E-state index in [4.69, 9.17) is 0 Å². The summed E-state index contributed by atoms with van der Waals surface area (Å²) in [6.45, 7) is 5.22. The lowest BCUT2D eigenvalue weighted by molar-refractivity contribution is 0.651. The Morgan fingerprint density at radius 2 is 2.29 bits per heavy atom. The van der Waals surface area contributed by atoms with Crippen molar-refractivity contribution in [1.29, 1.82) is 0 Å². The van der Waals surface area contributed by atoms with E-state index in [-0.39, 0.29) is 0 Å². The van der Waals surface area contributed by atoms with Crippen molar-refractivity contribution in [2.24, 2.45) is 13.0 Å². The van der Waals surface area contributed by atoms with Crippen molar-refractivity contribution < 1.29 is 0 Å². The third-order valence-corrected chi connectivity index (χ3v) is 3.60. The lowest BCUT2D eigenvalue weighted by atomic mass is 10.2. The second-order valence-electron chi connectivity index (χ2n) is 5.12. The molecule has 0 saturated heterocycles. The van der Waals surface area contributed by atoms with Gasteiger partial charge in [-0.3, -0.25) is 4.68 Å². The van der Waals surface area contributed by atoms with Gasteiger partial charge in [0.1, 0.15) is 0 Å². The first kappa shape index (κ1) is 10.7. The first-order chi connectivity index (χ1) is 8.15. The summed E-state index contributed by atoms with van der Waals surface area (Å²) in [4.78, 5) is 4.48. The predicted octanol–water partition coefficient (Wildman–Crippen LogP) is 1.77. The van der Waals surface area contributed by atoms with Crippen LogP contribution in [-0.2, 0) is 13.6 Å². The van der Waals surface area contributed by atoms with E-state index >= 15 is 0 Å². The number of hydrogen-bond acceptors (Lipinski definition) is 3. The zero-order chi connectivity index (χ0) is 12.0. The summed E-state index contributed by atoms with van der Waals surface area (Å²) in [6.07, 6.45) is 3.26. The lowest BCUT2D eigenvalue weighted by Gasteiger charge is -2.03. The SMILES string of the molecule is Cc1nn(C)c2ncc(CN[C@H]3C[C@@H]3C)cc12. The number of aryl methyl sites for hydroxylation is 2. The minimum Gasteiger partial charge on any atom is -0.310 e. The van der Waals surface area contributed by atoms with E-state index < -0.39 is 0 Å². The summed E-state index contributed by atoms with van der Waals surface area (Å²) < 4.78 is 1.84. The normalized spacial score (nSPS) is 23.2. The highest BCUT2D eigenvalue weighted by Crippen LogP contribution is 2.29. The van der Waals surface area contributed by atoms with Gasteiger partial charge in [-0.25, -0.2) is 4.98 Å². The van der Waals surface area contributed by atoms with Gasteiger partial charge >= 0.3 is 0 Å². The van der Waals surface area contributed by atoms with Crippen LogP contribution in [0, 0.1) is 12.8 Å². The Labute approximate surface area is 101 Å². The summed E-state index contributed by atoms with van der Waals surface area (Å²) in [6, 6.07) is 2.91. The monoisotopic (exact) mass is 230 g/mol. The van der Waals surface area contributed by atoms with E-state index in [1.807, 2.05) is 24.9 Å². The number of hydrogen-bond donors (Lipinski definition) is 1. The summed E-state index contributed by atoms with van der Waals surface area (Å²) >= 11 is 0. The Morgan fingerprint density at radius 1 is 1.53 bits per heavy atom. The van der Waals surface area contributed by atoms with E-state index in [0.29, 0.717) is 6.04 Å². The maximum atomic E-state index is 4.48. The minimum atomic E-state index is 0.709. The molecule has 2 atom stereocenters. The molecule has 0 unspecified atom stereocenters. The van der Waals surface area contributed by atoms with Gasteiger partial charge in [-0.2, -0.15) is 5.10 Å². The van der Waals surface area contributed by atoms with Crippen LogP contribution in [0.4, 0.5) is 0 Å². The van der Waals surface area contributed by atoms with E-state index in [1.54, 1.807) is 0 Å². The third-order valence-electron chi connectivity index (χ3n) is 3.60. The molecule has 0 bridgehead atoms. The second-order valence-corrected chi connectivity index (χ2v) is 5.12. The molecule has 0 radical (unpaired) electrons. The highest BCUT2D eigenvalue weighted by Gasteiger charge is 2.31. The van der Waals surface area contributed by atoms with E-state index in [0.717, 1.165) is 29.2 Å². The molecule has 4 nitrogen and oxygen atoms in total. The highest BCUT2D eigenvalue weighted by atomic mass is 15.3. The van der Waals surface area contributed by atoms with Crippen LogP contribution >= 0.6 is 0 Å². The molecule has 0 spiro atoms. The van der Waals surface area contributed by atoms with Crippen LogP contribution in [0.5, 0.6) is 0 Å². The molecule has 17 heavy (non-hydrogen) atoms. The van der Waals surface area contributed by atoms with Gasteiger partial charge in [0.15, 0.2) is 5.65 Å². The van der Waals surface area contributed by atoms with Crippen LogP contribution in [-0.4, -0.2) is 20.8 Å². The molecule has 1 aliphatic rings. The average Bonchev–Trinajstić information content (AvgIpc) is 2.94. The molecule has 2 aromatic rings. The Balaban J connectivity index is 1.83. The smallest absolute Gasteiger partial charge is 0.157 e. The lowest BCUT2D eigenvalue weighted by Crippen LogP contribution is -2.17. The minimum absolute atomic E-state index is 0.709. The molecular formula is C13H18N4. The number of pyridine rings is 1. The van der Waals surface area contributed by atoms with Crippen LogP contribution in [0.1, 0.15) is 24.6 Å². The molecule has 2 heterocycles. The molecule has 1 fully saturated rings. The van der Waals surface area contributed by atoms with Gasteiger partial charge in [0, 0.05) is 31.2 Å². The standard InChI is InChI=1S/C13H18N4/c1-8-4-12(8)14-6-10-5-11-9(2)16-17(3)13(11)15-7-10/h5,7-8,12,14H,4,6H2,1-3H3/t8-,12-/m0/s1. The Morgan fingerprint density at radius 3 is 3.00 bits per heavy atom. The molecule has 0 aliphatic heterocycles. The van der Waals surface area contributed by atoms with Crippen molar-refractivity contribution in [3.05, 3.63) is 23.5 Å². The Hall–Kier alpha value is -1.42. The van der Waals surface area contributed by atoms with Crippen molar-refractivity contribution in [2.75, 3.05) is 0 Å². The summed E-state index contributed by atoms with van der Waals surface area (Å²) in [5, 5.41) is 9.09. The fourth-order valence-corrected chi connectivity index (χ4v) is 2.30. The maximum Gasteiger partial charge on any atom is 0.157 e. The number of nitrogens with zero attached hydrogens (tertiary/aromatic N) is 3. The fourth-order valence-electron chi connectivity index (χ4n) is 2.30. The summed E-state index contributed by atoms with van der Waals surface area (Å²) in [5.74, 6) is 0.840. The van der Waals surface area contributed by atoms with Crippen molar-refractivity contribution in [3.63, 3.8) is 0 Å². The maximum absolute atomic E-state index is 4.48. The van der Waals surface area contributed by atoms with Gasteiger partial charge in [0.05, 0.1) is 5.69 Å². The molecule has 2 aromatic heterocycles. The second kappa shape index (κ2) is 3.81. The topological polar surface area (TPSA) is 42.7 Å². The molecule has 90 valence electrons. The van der Waals surface area contributed by atoms with Crippen molar-refractivity contribution >= 4 is 11.0 Å². The van der Waals surface area contributed by atoms with Crippen LogP contribution in [0.3, 0.4) is 0 Å². The molecule has 0 aromatic carbocycles. The molecule has 1 saturated carbocycles. The van der Waals surface area contributed by atoms with Crippen LogP contribution in [0.2, 0.25) is 0 Å². The number of rotatable bonds is 3. The first-order valence-corrected chi connectivity index (χ1v) is 6.17. The molecular weight excluding hydrogens is 212 g/mol. The Bertz CT molecular complexity index is 558. The Kier molecular flexibility index (Phi) is 2.40. The zero-order valence-corrected chi connectivity index (χ0v) is 10.6. The van der Waals surface area contributed by atoms with Gasteiger partial charge in [0.2, 0.25) is 0 Å². The van der Waals surface area contributed by atoms with Gasteiger partial charge < -0.3 is 5.32 Å². The van der Waals surface area contributed by atoms with Gasteiger partial charge in [-0.05, 0) is 30.9 Å². The number of nitrogens with one attached hydrogen (secondary N) is 1. The molecule has 3 rings (SSSR count). The molecule has 1 N–H and O–H groups in total. The van der Waals surface area contributed by atoms with Crippen molar-refractivity contribution in [3.8, 4) is 0 Å². The highest BCUT2D eigenvalue weighted by molar-refractivity contribution is 5.78. The number of aromatic nitrogens is 3. The fraction of sp³-hybridized carbons (Fsp3) is 0.538. The zero-order valence-electron chi connectivity index (χ0n) is 10.6. The van der Waals surface area contributed by atoms with Gasteiger partial charge in [-0.15, -0.1) is 0 Å². The van der Waals surface area contributed by atoms with E-state index in [2.05, 4.69) is 28.4 Å². The summed E-state index contributed by atoms with van der Waals surface area (Å²) in [7, 11) is 1.94. The van der Waals surface area contributed by atoms with E-state index in [1.165, 1.54) is 12.0 Å². The molecule has 1 aliphatic carbocycles. The average molecular weight is 230 g/mol. The van der Waals surface area contributed by atoms with Crippen LogP contribution in [0.25, 0.3) is 11.0 Å². The van der Waals surface area contributed by atoms with Gasteiger partial charge in [0.25, 0.3) is 0 Å². The first-order valence-electron chi connectivity index (χ1n) is 6.17. The predicted molar refractivity (Wildman–Crippen MR) is 67.7 cm³/mol. The third kappa shape index (κ3) is 1.93. The van der Waals surface area contributed by atoms with Crippen LogP contribution in [0.15, 0.2) is 12.3 Å². The van der Waals surface area contributed by atoms with Gasteiger partial charge in [-0.1, -0.05) is 6.92 Å². The van der Waals surface area contributed by atoms with Crippen LogP contribution < -0.4 is 5.32 Å². The number of fused-ring (bicyclic) bond motifs is 1. The molecule has 0 amide bonds.